The van der Waals surface area contributed by atoms with Crippen LogP contribution in [0.25, 0.3) is 5.69 Å². The van der Waals surface area contributed by atoms with Gasteiger partial charge in [-0.2, -0.15) is 0 Å². The number of rotatable bonds is 2. The van der Waals surface area contributed by atoms with Gasteiger partial charge in [0.15, 0.2) is 0 Å². The summed E-state index contributed by atoms with van der Waals surface area (Å²) in [5, 5.41) is 3.59. The molecule has 0 aliphatic carbocycles. The maximum absolute atomic E-state index is 13.1. The molecule has 3 aromatic rings. The summed E-state index contributed by atoms with van der Waals surface area (Å²) < 4.78 is 2.19. The Kier molecular flexibility index (Phi) is 4.43. The van der Waals surface area contributed by atoms with Gasteiger partial charge in [-0.1, -0.05) is 42.8 Å². The van der Waals surface area contributed by atoms with Gasteiger partial charge in [0.05, 0.1) is 18.3 Å². The van der Waals surface area contributed by atoms with E-state index in [0.717, 1.165) is 23.4 Å². The zero-order valence-corrected chi connectivity index (χ0v) is 15.3. The Morgan fingerprint density at radius 1 is 1.15 bits per heavy atom. The molecule has 1 aliphatic rings. The zero-order chi connectivity index (χ0) is 18.1. The van der Waals surface area contributed by atoms with E-state index in [-0.39, 0.29) is 12.1 Å². The molecule has 1 atom stereocenters. The van der Waals surface area contributed by atoms with E-state index in [1.807, 2.05) is 35.2 Å². The molecule has 0 radical (unpaired) electrons. The van der Waals surface area contributed by atoms with Crippen molar-refractivity contribution in [1.82, 2.24) is 9.47 Å². The highest BCUT2D eigenvalue weighted by atomic mass is 35.5. The highest BCUT2D eigenvalue weighted by Gasteiger charge is 2.30. The summed E-state index contributed by atoms with van der Waals surface area (Å²) in [4.78, 5) is 15.0. The van der Waals surface area contributed by atoms with Crippen LogP contribution in [0.15, 0.2) is 66.9 Å². The van der Waals surface area contributed by atoms with Crippen molar-refractivity contribution in [3.05, 3.63) is 83.1 Å². The molecule has 1 N–H and O–H groups in total. The molecule has 2 amide bonds. The van der Waals surface area contributed by atoms with Crippen LogP contribution in [0, 0.1) is 0 Å². The van der Waals surface area contributed by atoms with E-state index in [4.69, 9.17) is 11.6 Å². The Balaban J connectivity index is 1.73. The Morgan fingerprint density at radius 3 is 2.81 bits per heavy atom. The molecule has 0 saturated carbocycles. The fourth-order valence-corrected chi connectivity index (χ4v) is 3.81. The van der Waals surface area contributed by atoms with Crippen LogP contribution in [-0.4, -0.2) is 15.5 Å². The molecule has 26 heavy (non-hydrogen) atoms. The molecule has 4 nitrogen and oxygen atoms in total. The van der Waals surface area contributed by atoms with Crippen LogP contribution in [0.4, 0.5) is 10.5 Å². The van der Waals surface area contributed by atoms with Crippen LogP contribution in [0.3, 0.4) is 0 Å². The first-order chi connectivity index (χ1) is 12.7. The van der Waals surface area contributed by atoms with Crippen LogP contribution in [0.1, 0.15) is 30.6 Å². The third kappa shape index (κ3) is 2.97. The van der Waals surface area contributed by atoms with E-state index in [0.29, 0.717) is 17.3 Å². The summed E-state index contributed by atoms with van der Waals surface area (Å²) in [6, 6.07) is 19.5. The van der Waals surface area contributed by atoms with Crippen LogP contribution < -0.4 is 5.32 Å². The SMILES string of the molecule is CC[C@H]1c2cccn2-c2ccccc2CN1C(=O)Nc1cccc(Cl)c1. The van der Waals surface area contributed by atoms with E-state index < -0.39 is 0 Å². The summed E-state index contributed by atoms with van der Waals surface area (Å²) in [5.41, 5.74) is 4.08. The van der Waals surface area contributed by atoms with Crippen LogP contribution in [0.2, 0.25) is 5.02 Å². The van der Waals surface area contributed by atoms with E-state index in [1.54, 1.807) is 12.1 Å². The third-order valence-corrected chi connectivity index (χ3v) is 5.05. The molecule has 1 aromatic heterocycles. The number of para-hydroxylation sites is 1. The molecule has 1 aliphatic heterocycles. The lowest BCUT2D eigenvalue weighted by molar-refractivity contribution is 0.181. The maximum atomic E-state index is 13.1. The standard InChI is InChI=1S/C21H20ClN3O/c1-2-18-20-11-6-12-24(20)19-10-4-3-7-15(19)14-25(18)21(26)23-17-9-5-8-16(22)13-17/h3-13,18H,2,14H2,1H3,(H,23,26)/t18-/m0/s1. The minimum Gasteiger partial charge on any atom is -0.318 e. The van der Waals surface area contributed by atoms with Gasteiger partial charge in [0.2, 0.25) is 0 Å². The summed E-state index contributed by atoms with van der Waals surface area (Å²) >= 11 is 6.05. The number of anilines is 1. The average Bonchev–Trinajstić information content (AvgIpc) is 3.06. The fourth-order valence-electron chi connectivity index (χ4n) is 3.62. The first kappa shape index (κ1) is 16.7. The van der Waals surface area contributed by atoms with Gasteiger partial charge in [0, 0.05) is 22.6 Å². The van der Waals surface area contributed by atoms with E-state index in [9.17, 15) is 4.79 Å². The maximum Gasteiger partial charge on any atom is 0.322 e. The quantitative estimate of drug-likeness (QED) is 0.627. The van der Waals surface area contributed by atoms with Crippen molar-refractivity contribution in [2.24, 2.45) is 0 Å². The van der Waals surface area contributed by atoms with Crippen molar-refractivity contribution in [2.45, 2.75) is 25.9 Å². The van der Waals surface area contributed by atoms with Gasteiger partial charge in [-0.25, -0.2) is 4.79 Å². The lowest BCUT2D eigenvalue weighted by atomic mass is 10.1. The molecule has 0 fully saturated rings. The molecule has 5 heteroatoms. The van der Waals surface area contributed by atoms with Crippen LogP contribution in [-0.2, 0) is 6.54 Å². The molecule has 2 heterocycles. The Morgan fingerprint density at radius 2 is 2.00 bits per heavy atom. The first-order valence-electron chi connectivity index (χ1n) is 8.76. The summed E-state index contributed by atoms with van der Waals surface area (Å²) in [6.07, 6.45) is 2.90. The number of nitrogens with one attached hydrogen (secondary N) is 1. The predicted octanol–water partition coefficient (Wildman–Crippen LogP) is 5.63. The molecule has 0 unspecified atom stereocenters. The minimum atomic E-state index is -0.122. The number of amides is 2. The summed E-state index contributed by atoms with van der Waals surface area (Å²) in [6.45, 7) is 2.67. The second-order valence-corrected chi connectivity index (χ2v) is 6.86. The summed E-state index contributed by atoms with van der Waals surface area (Å²) in [7, 11) is 0. The van der Waals surface area contributed by atoms with Gasteiger partial charge >= 0.3 is 6.03 Å². The highest BCUT2D eigenvalue weighted by Crippen LogP contribution is 2.34. The van der Waals surface area contributed by atoms with Gasteiger partial charge < -0.3 is 14.8 Å². The Bertz CT molecular complexity index is 950. The topological polar surface area (TPSA) is 37.3 Å². The zero-order valence-electron chi connectivity index (χ0n) is 14.5. The number of aromatic nitrogens is 1. The Labute approximate surface area is 158 Å². The van der Waals surface area contributed by atoms with E-state index in [1.165, 1.54) is 0 Å². The van der Waals surface area contributed by atoms with E-state index >= 15 is 0 Å². The fraction of sp³-hybridized carbons (Fsp3) is 0.190. The van der Waals surface area contributed by atoms with Crippen LogP contribution in [0.5, 0.6) is 0 Å². The molecule has 2 aromatic carbocycles. The van der Waals surface area contributed by atoms with Crippen molar-refractivity contribution in [2.75, 3.05) is 5.32 Å². The van der Waals surface area contributed by atoms with Gasteiger partial charge in [0.1, 0.15) is 0 Å². The molecular weight excluding hydrogens is 346 g/mol. The number of hydrogen-bond acceptors (Lipinski definition) is 1. The molecule has 4 rings (SSSR count). The molecule has 0 spiro atoms. The van der Waals surface area contributed by atoms with Crippen molar-refractivity contribution < 1.29 is 4.79 Å². The van der Waals surface area contributed by atoms with Crippen molar-refractivity contribution >= 4 is 23.3 Å². The number of hydrogen-bond donors (Lipinski definition) is 1. The Hall–Kier alpha value is -2.72. The number of benzene rings is 2. The number of carbonyl (C=O) groups is 1. The predicted molar refractivity (Wildman–Crippen MR) is 105 cm³/mol. The monoisotopic (exact) mass is 365 g/mol. The van der Waals surface area contributed by atoms with Crippen molar-refractivity contribution in [3.8, 4) is 5.69 Å². The van der Waals surface area contributed by atoms with Gasteiger partial charge in [0.25, 0.3) is 0 Å². The number of halogens is 1. The van der Waals surface area contributed by atoms with Gasteiger partial charge in [-0.15, -0.1) is 0 Å². The first-order valence-corrected chi connectivity index (χ1v) is 9.14. The highest BCUT2D eigenvalue weighted by molar-refractivity contribution is 6.30. The number of nitrogens with zero attached hydrogens (tertiary/aromatic N) is 2. The minimum absolute atomic E-state index is 0.00316. The smallest absolute Gasteiger partial charge is 0.318 e. The second kappa shape index (κ2) is 6.89. The molecule has 132 valence electrons. The molecule has 0 saturated heterocycles. The number of carbonyl (C=O) groups excluding carboxylic acids is 1. The van der Waals surface area contributed by atoms with E-state index in [2.05, 4.69) is 41.2 Å². The van der Waals surface area contributed by atoms with Gasteiger partial charge in [-0.05, 0) is 48.4 Å². The largest absolute Gasteiger partial charge is 0.322 e. The normalized spacial score (nSPS) is 15.8. The van der Waals surface area contributed by atoms with Crippen molar-refractivity contribution in [3.63, 3.8) is 0 Å². The van der Waals surface area contributed by atoms with Crippen molar-refractivity contribution in [1.29, 1.82) is 0 Å². The molecule has 0 bridgehead atoms. The second-order valence-electron chi connectivity index (χ2n) is 6.42. The van der Waals surface area contributed by atoms with Crippen LogP contribution >= 0.6 is 11.6 Å². The number of fused-ring (bicyclic) bond motifs is 3. The number of urea groups is 1. The lowest BCUT2D eigenvalue weighted by Gasteiger charge is -2.29. The molecular formula is C21H20ClN3O. The van der Waals surface area contributed by atoms with Gasteiger partial charge in [-0.3, -0.25) is 0 Å². The lowest BCUT2D eigenvalue weighted by Crippen LogP contribution is -2.37. The average molecular weight is 366 g/mol. The third-order valence-electron chi connectivity index (χ3n) is 4.81. The summed E-state index contributed by atoms with van der Waals surface area (Å²) in [5.74, 6) is 0.